The average molecular weight is 348 g/mol. The highest BCUT2D eigenvalue weighted by Crippen LogP contribution is 2.24. The second-order valence-electron chi connectivity index (χ2n) is 5.93. The largest absolute Gasteiger partial charge is 0.386 e. The van der Waals surface area contributed by atoms with Crippen molar-refractivity contribution in [1.82, 2.24) is 24.9 Å². The number of carbonyl (C=O) groups excluding carboxylic acids is 1. The van der Waals surface area contributed by atoms with E-state index in [2.05, 4.69) is 24.9 Å². The fraction of sp³-hybridized carbons (Fsp3) is 0.533. The molecule has 2 aromatic heterocycles. The molecule has 0 saturated carbocycles. The van der Waals surface area contributed by atoms with Crippen LogP contribution in [0.3, 0.4) is 0 Å². The first-order valence-electron chi connectivity index (χ1n) is 7.95. The molecule has 24 heavy (non-hydrogen) atoms. The highest BCUT2D eigenvalue weighted by molar-refractivity contribution is 7.08. The molecule has 0 aliphatic carbocycles. The molecular formula is C15H20N6O2S. The van der Waals surface area contributed by atoms with E-state index in [-0.39, 0.29) is 12.5 Å². The molecule has 2 aromatic rings. The van der Waals surface area contributed by atoms with Gasteiger partial charge < -0.3 is 15.3 Å². The van der Waals surface area contributed by atoms with Crippen molar-refractivity contribution in [1.29, 1.82) is 0 Å². The van der Waals surface area contributed by atoms with E-state index in [1.165, 1.54) is 0 Å². The van der Waals surface area contributed by atoms with Crippen molar-refractivity contribution >= 4 is 23.4 Å². The van der Waals surface area contributed by atoms with E-state index in [0.717, 1.165) is 30.1 Å². The van der Waals surface area contributed by atoms with Crippen LogP contribution in [0.2, 0.25) is 0 Å². The number of aromatic nitrogens is 4. The number of nitrogens with one attached hydrogen (secondary N) is 1. The molecule has 0 spiro atoms. The van der Waals surface area contributed by atoms with Crippen LogP contribution in [0.25, 0.3) is 0 Å². The summed E-state index contributed by atoms with van der Waals surface area (Å²) in [6.07, 6.45) is 5.53. The van der Waals surface area contributed by atoms with E-state index in [9.17, 15) is 9.90 Å². The van der Waals surface area contributed by atoms with Crippen LogP contribution >= 0.6 is 11.5 Å². The number of rotatable bonds is 6. The van der Waals surface area contributed by atoms with Crippen LogP contribution in [-0.4, -0.2) is 55.8 Å². The summed E-state index contributed by atoms with van der Waals surface area (Å²) < 4.78 is 3.85. The number of carbonyl (C=O) groups is 1. The highest BCUT2D eigenvalue weighted by atomic mass is 32.1. The van der Waals surface area contributed by atoms with E-state index in [0.29, 0.717) is 30.3 Å². The molecule has 0 aromatic carbocycles. The molecule has 0 radical (unpaired) electrons. The van der Waals surface area contributed by atoms with Gasteiger partial charge in [-0.3, -0.25) is 4.79 Å². The number of anilines is 1. The predicted molar refractivity (Wildman–Crippen MR) is 90.0 cm³/mol. The fourth-order valence-corrected chi connectivity index (χ4v) is 3.36. The smallest absolute Gasteiger partial charge is 0.265 e. The van der Waals surface area contributed by atoms with Crippen LogP contribution in [0.1, 0.15) is 35.1 Å². The Morgan fingerprint density at radius 1 is 1.46 bits per heavy atom. The summed E-state index contributed by atoms with van der Waals surface area (Å²) in [5.74, 6) is 0.368. The van der Waals surface area contributed by atoms with Crippen molar-refractivity contribution in [2.45, 2.75) is 31.8 Å². The number of β-amino-alcohol motifs (C(OH)–C–C–N with tert-alkyl or cyclic N) is 1. The maximum Gasteiger partial charge on any atom is 0.265 e. The minimum absolute atomic E-state index is 0.179. The van der Waals surface area contributed by atoms with E-state index in [1.807, 2.05) is 11.8 Å². The normalized spacial score (nSPS) is 20.3. The van der Waals surface area contributed by atoms with Gasteiger partial charge in [0, 0.05) is 25.5 Å². The van der Waals surface area contributed by atoms with Gasteiger partial charge in [-0.05, 0) is 30.4 Å². The van der Waals surface area contributed by atoms with Crippen LogP contribution in [0.15, 0.2) is 18.5 Å². The van der Waals surface area contributed by atoms with Crippen molar-refractivity contribution < 1.29 is 9.90 Å². The number of hydrogen-bond acceptors (Lipinski definition) is 8. The molecule has 128 valence electrons. The Bertz CT molecular complexity index is 694. The number of nitrogens with zero attached hydrogens (tertiary/aromatic N) is 5. The first kappa shape index (κ1) is 16.7. The van der Waals surface area contributed by atoms with E-state index in [1.54, 1.807) is 18.5 Å². The molecule has 1 amide bonds. The van der Waals surface area contributed by atoms with Crippen molar-refractivity contribution in [3.05, 3.63) is 29.0 Å². The number of amides is 1. The van der Waals surface area contributed by atoms with Gasteiger partial charge in [0.1, 0.15) is 10.5 Å². The number of hydrogen-bond donors (Lipinski definition) is 2. The molecule has 1 aliphatic rings. The average Bonchev–Trinajstić information content (AvgIpc) is 3.21. The third-order valence-corrected chi connectivity index (χ3v) is 4.76. The third-order valence-electron chi connectivity index (χ3n) is 3.99. The van der Waals surface area contributed by atoms with Crippen molar-refractivity contribution in [3.63, 3.8) is 0 Å². The molecule has 1 aliphatic heterocycles. The lowest BCUT2D eigenvalue weighted by Crippen LogP contribution is -2.45. The molecule has 1 atom stereocenters. The Morgan fingerprint density at radius 3 is 3.00 bits per heavy atom. The molecule has 9 heteroatoms. The van der Waals surface area contributed by atoms with Gasteiger partial charge in [-0.1, -0.05) is 17.8 Å². The number of aryl methyl sites for hydroxylation is 1. The quantitative estimate of drug-likeness (QED) is 0.790. The molecule has 2 N–H and O–H groups in total. The Balaban J connectivity index is 1.58. The van der Waals surface area contributed by atoms with Crippen molar-refractivity contribution in [2.24, 2.45) is 0 Å². The summed E-state index contributed by atoms with van der Waals surface area (Å²) in [6.45, 7) is 3.25. The summed E-state index contributed by atoms with van der Waals surface area (Å²) in [6, 6.07) is 1.75. The van der Waals surface area contributed by atoms with Gasteiger partial charge >= 0.3 is 0 Å². The van der Waals surface area contributed by atoms with Crippen LogP contribution in [0.4, 0.5) is 5.95 Å². The highest BCUT2D eigenvalue weighted by Gasteiger charge is 2.37. The zero-order chi connectivity index (χ0) is 17.0. The first-order valence-corrected chi connectivity index (χ1v) is 8.72. The lowest BCUT2D eigenvalue weighted by Gasteiger charge is -2.23. The minimum Gasteiger partial charge on any atom is -0.386 e. The van der Waals surface area contributed by atoms with Gasteiger partial charge in [0.25, 0.3) is 5.91 Å². The first-order chi connectivity index (χ1) is 11.6. The maximum atomic E-state index is 12.3. The van der Waals surface area contributed by atoms with Crippen molar-refractivity contribution in [2.75, 3.05) is 24.5 Å². The van der Waals surface area contributed by atoms with Gasteiger partial charge in [0.2, 0.25) is 5.95 Å². The van der Waals surface area contributed by atoms with Crippen molar-refractivity contribution in [3.8, 4) is 0 Å². The molecule has 3 rings (SSSR count). The zero-order valence-electron chi connectivity index (χ0n) is 13.5. The SMILES string of the molecule is CCCc1nnsc1C(=O)NC[C@]1(O)CCN(c2ncccn2)C1. The van der Waals surface area contributed by atoms with Crippen LogP contribution in [-0.2, 0) is 6.42 Å². The molecule has 0 bridgehead atoms. The van der Waals surface area contributed by atoms with Gasteiger partial charge in [-0.25, -0.2) is 9.97 Å². The van der Waals surface area contributed by atoms with Gasteiger partial charge in [0.15, 0.2) is 0 Å². The van der Waals surface area contributed by atoms with Gasteiger partial charge in [-0.2, -0.15) is 0 Å². The van der Waals surface area contributed by atoms with Crippen LogP contribution in [0, 0.1) is 0 Å². The minimum atomic E-state index is -0.988. The molecule has 3 heterocycles. The zero-order valence-corrected chi connectivity index (χ0v) is 14.3. The van der Waals surface area contributed by atoms with Crippen LogP contribution in [0.5, 0.6) is 0 Å². The molecule has 8 nitrogen and oxygen atoms in total. The van der Waals surface area contributed by atoms with E-state index < -0.39 is 5.60 Å². The van der Waals surface area contributed by atoms with Gasteiger partial charge in [0.05, 0.1) is 12.2 Å². The number of aliphatic hydroxyl groups is 1. The fourth-order valence-electron chi connectivity index (χ4n) is 2.73. The molecule has 1 fully saturated rings. The maximum absolute atomic E-state index is 12.3. The Hall–Kier alpha value is -2.13. The van der Waals surface area contributed by atoms with E-state index in [4.69, 9.17) is 0 Å². The van der Waals surface area contributed by atoms with Crippen LogP contribution < -0.4 is 10.2 Å². The van der Waals surface area contributed by atoms with E-state index >= 15 is 0 Å². The summed E-state index contributed by atoms with van der Waals surface area (Å²) in [5, 5.41) is 17.5. The molecular weight excluding hydrogens is 328 g/mol. The molecule has 1 saturated heterocycles. The summed E-state index contributed by atoms with van der Waals surface area (Å²) in [7, 11) is 0. The predicted octanol–water partition coefficient (Wildman–Crippen LogP) is 0.652. The second-order valence-corrected chi connectivity index (χ2v) is 6.68. The Kier molecular flexibility index (Phi) is 5.00. The summed E-state index contributed by atoms with van der Waals surface area (Å²) >= 11 is 1.09. The topological polar surface area (TPSA) is 104 Å². The second kappa shape index (κ2) is 7.18. The lowest BCUT2D eigenvalue weighted by molar-refractivity contribution is 0.0576. The lowest BCUT2D eigenvalue weighted by atomic mass is 10.0. The third kappa shape index (κ3) is 3.68. The van der Waals surface area contributed by atoms with Gasteiger partial charge in [-0.15, -0.1) is 5.10 Å². The molecule has 0 unspecified atom stereocenters. The standard InChI is InChI=1S/C15H20N6O2S/c1-2-4-11-12(24-20-19-11)13(22)18-9-15(23)5-8-21(10-15)14-16-6-3-7-17-14/h3,6-7,23H,2,4-5,8-10H2,1H3,(H,18,22)/t15-/m1/s1. The Labute approximate surface area is 144 Å². The summed E-state index contributed by atoms with van der Waals surface area (Å²) in [5.41, 5.74) is -0.268. The monoisotopic (exact) mass is 348 g/mol. The summed E-state index contributed by atoms with van der Waals surface area (Å²) in [4.78, 5) is 23.2. The Morgan fingerprint density at radius 2 is 2.25 bits per heavy atom.